The van der Waals surface area contributed by atoms with Crippen LogP contribution in [-0.4, -0.2) is 102 Å². The zero-order valence-corrected chi connectivity index (χ0v) is 30.1. The van der Waals surface area contributed by atoms with Gasteiger partial charge in [0.15, 0.2) is 18.2 Å². The van der Waals surface area contributed by atoms with Crippen molar-refractivity contribution < 1.29 is 42.1 Å². The van der Waals surface area contributed by atoms with E-state index in [2.05, 4.69) is 34.4 Å². The Balaban J connectivity index is 0.000000730. The molecule has 6 rings (SSSR count). The van der Waals surface area contributed by atoms with Crippen LogP contribution >= 0.6 is 0 Å². The number of hydrogen-bond donors (Lipinski definition) is 3. The van der Waals surface area contributed by atoms with Gasteiger partial charge in [-0.3, -0.25) is 9.59 Å². The van der Waals surface area contributed by atoms with Crippen LogP contribution < -0.4 is 16.0 Å². The number of nitrogens with two attached hydrogens (primary N) is 1. The van der Waals surface area contributed by atoms with E-state index in [4.69, 9.17) is 40.3 Å². The molecular weight excluding hydrogens is 713 g/mol. The highest BCUT2D eigenvalue weighted by atomic mass is 19.4. The number of nitrogens with one attached hydrogen (secondary N) is 1. The van der Waals surface area contributed by atoms with E-state index in [1.165, 1.54) is 5.56 Å². The maximum atomic E-state index is 12.3. The van der Waals surface area contributed by atoms with Gasteiger partial charge in [-0.25, -0.2) is 19.1 Å². The second kappa shape index (κ2) is 16.9. The summed E-state index contributed by atoms with van der Waals surface area (Å²) in [6.45, 7) is 10.2. The largest absolute Gasteiger partial charge is 0.490 e. The smallest absolute Gasteiger partial charge is 0.475 e. The lowest BCUT2D eigenvalue weighted by atomic mass is 10.0. The van der Waals surface area contributed by atoms with Crippen LogP contribution in [0.15, 0.2) is 54.7 Å². The minimum absolute atomic E-state index is 0.115. The van der Waals surface area contributed by atoms with Crippen molar-refractivity contribution >= 4 is 29.3 Å². The number of nitrogens with zero attached hydrogens (tertiary/aromatic N) is 8. The van der Waals surface area contributed by atoms with Gasteiger partial charge in [-0.15, -0.1) is 0 Å². The average molecular weight is 755 g/mol. The molecule has 5 heterocycles. The fourth-order valence-corrected chi connectivity index (χ4v) is 5.47. The molecule has 16 nitrogen and oxygen atoms in total. The summed E-state index contributed by atoms with van der Waals surface area (Å²) in [6, 6.07) is 15.3. The van der Waals surface area contributed by atoms with E-state index in [0.717, 1.165) is 22.8 Å². The van der Waals surface area contributed by atoms with E-state index >= 15 is 0 Å². The molecular formula is C35H41F3N10O6. The van der Waals surface area contributed by atoms with Crippen molar-refractivity contribution in [3.05, 3.63) is 66.0 Å². The van der Waals surface area contributed by atoms with Crippen molar-refractivity contribution in [1.29, 1.82) is 0 Å². The lowest BCUT2D eigenvalue weighted by Gasteiger charge is -2.29. The van der Waals surface area contributed by atoms with Crippen molar-refractivity contribution in [3.8, 4) is 28.5 Å². The summed E-state index contributed by atoms with van der Waals surface area (Å²) in [5, 5.41) is 24.0. The van der Waals surface area contributed by atoms with E-state index in [1.54, 1.807) is 9.36 Å². The third kappa shape index (κ3) is 9.98. The second-order valence-electron chi connectivity index (χ2n) is 13.0. The molecule has 5 aromatic rings. The second-order valence-corrected chi connectivity index (χ2v) is 13.0. The number of esters is 1. The van der Waals surface area contributed by atoms with Gasteiger partial charge in [0, 0.05) is 42.7 Å². The third-order valence-corrected chi connectivity index (χ3v) is 8.17. The average Bonchev–Trinajstić information content (AvgIpc) is 3.88. The summed E-state index contributed by atoms with van der Waals surface area (Å²) in [6.07, 6.45) is -2.64. The van der Waals surface area contributed by atoms with Crippen molar-refractivity contribution in [1.82, 2.24) is 39.5 Å². The Hall–Kier alpha value is -5.82. The van der Waals surface area contributed by atoms with Gasteiger partial charge in [-0.2, -0.15) is 33.0 Å². The Labute approximate surface area is 307 Å². The molecule has 0 saturated carbocycles. The number of benzene rings is 1. The first-order chi connectivity index (χ1) is 25.6. The number of amides is 1. The Morgan fingerprint density at radius 3 is 2.37 bits per heavy atom. The van der Waals surface area contributed by atoms with E-state index < -0.39 is 24.2 Å². The Morgan fingerprint density at radius 1 is 1.00 bits per heavy atom. The van der Waals surface area contributed by atoms with Crippen LogP contribution in [0.25, 0.3) is 34.1 Å². The molecule has 0 spiro atoms. The quantitative estimate of drug-likeness (QED) is 0.166. The number of ether oxygens (including phenoxy) is 2. The zero-order valence-electron chi connectivity index (χ0n) is 30.1. The molecule has 0 radical (unpaired) electrons. The molecule has 1 fully saturated rings. The maximum Gasteiger partial charge on any atom is 0.490 e. The van der Waals surface area contributed by atoms with Crippen LogP contribution in [0.5, 0.6) is 0 Å². The number of alkyl halides is 3. The molecule has 1 aliphatic heterocycles. The molecule has 1 saturated heterocycles. The molecule has 1 aliphatic rings. The molecule has 288 valence electrons. The molecule has 1 aromatic carbocycles. The van der Waals surface area contributed by atoms with E-state index in [9.17, 15) is 22.8 Å². The number of aliphatic carboxylic acids is 1. The van der Waals surface area contributed by atoms with E-state index in [-0.39, 0.29) is 25.1 Å². The Morgan fingerprint density at radius 2 is 1.70 bits per heavy atom. The summed E-state index contributed by atoms with van der Waals surface area (Å²) >= 11 is 0. The molecule has 0 aliphatic carbocycles. The van der Waals surface area contributed by atoms with Gasteiger partial charge in [0.2, 0.25) is 5.91 Å². The Kier molecular flexibility index (Phi) is 12.3. The monoisotopic (exact) mass is 754 g/mol. The number of carbonyl (C=O) groups excluding carboxylic acids is 2. The van der Waals surface area contributed by atoms with Gasteiger partial charge in [0.1, 0.15) is 23.8 Å². The van der Waals surface area contributed by atoms with Crippen molar-refractivity contribution in [3.63, 3.8) is 0 Å². The predicted molar refractivity (Wildman–Crippen MR) is 189 cm³/mol. The molecule has 0 bridgehead atoms. The fraction of sp³-hybridized carbons (Fsp3) is 0.400. The van der Waals surface area contributed by atoms with E-state index in [1.807, 2.05) is 67.9 Å². The molecule has 54 heavy (non-hydrogen) atoms. The summed E-state index contributed by atoms with van der Waals surface area (Å²) in [5.41, 5.74) is 11.6. The van der Waals surface area contributed by atoms with Crippen LogP contribution in [0, 0.1) is 19.8 Å². The highest BCUT2D eigenvalue weighted by Gasteiger charge is 2.38. The topological polar surface area (TPSA) is 197 Å². The highest BCUT2D eigenvalue weighted by molar-refractivity contribution is 5.85. The molecule has 1 atom stereocenters. The SMILES string of the molecule is Cc1cccc(-c2ccn(-c3cc(N4CCOCC4)n4nc(-c5cc(C)n(COC(=O)CNC(=O)[C@@H](N)CC(C)C)n5)cc4n3)n2)c1.O=C(O)C(F)(F)F. The van der Waals surface area contributed by atoms with Gasteiger partial charge in [0.25, 0.3) is 0 Å². The number of carboxylic acids is 1. The van der Waals surface area contributed by atoms with Gasteiger partial charge >= 0.3 is 18.1 Å². The molecule has 4 aromatic heterocycles. The van der Waals surface area contributed by atoms with Crippen LogP contribution in [0.3, 0.4) is 0 Å². The van der Waals surface area contributed by atoms with Gasteiger partial charge in [0.05, 0.1) is 24.9 Å². The van der Waals surface area contributed by atoms with Gasteiger partial charge in [-0.1, -0.05) is 37.6 Å². The summed E-state index contributed by atoms with van der Waals surface area (Å²) in [7, 11) is 0. The van der Waals surface area contributed by atoms with E-state index in [0.29, 0.717) is 55.6 Å². The third-order valence-electron chi connectivity index (χ3n) is 8.17. The van der Waals surface area contributed by atoms with Crippen molar-refractivity contribution in [2.75, 3.05) is 37.7 Å². The number of morpholine rings is 1. The molecule has 4 N–H and O–H groups in total. The van der Waals surface area contributed by atoms with Crippen LogP contribution in [0.1, 0.15) is 31.5 Å². The van der Waals surface area contributed by atoms with Crippen molar-refractivity contribution in [2.45, 2.75) is 53.1 Å². The van der Waals surface area contributed by atoms with Crippen LogP contribution in [0.4, 0.5) is 19.0 Å². The molecule has 1 amide bonds. The number of halogens is 3. The summed E-state index contributed by atoms with van der Waals surface area (Å²) < 4.78 is 47.9. The summed E-state index contributed by atoms with van der Waals surface area (Å²) in [5.74, 6) is -1.93. The highest BCUT2D eigenvalue weighted by Crippen LogP contribution is 2.27. The number of carboxylic acid groups (broad SMARTS) is 1. The van der Waals surface area contributed by atoms with Gasteiger partial charge in [-0.05, 0) is 44.4 Å². The molecule has 19 heteroatoms. The lowest BCUT2D eigenvalue weighted by Crippen LogP contribution is -2.43. The van der Waals surface area contributed by atoms with Crippen LogP contribution in [0.2, 0.25) is 0 Å². The number of aromatic nitrogens is 7. The lowest BCUT2D eigenvalue weighted by molar-refractivity contribution is -0.192. The first kappa shape index (κ1) is 39.4. The van der Waals surface area contributed by atoms with Crippen molar-refractivity contribution in [2.24, 2.45) is 11.7 Å². The number of fused-ring (bicyclic) bond motifs is 1. The predicted octanol–water partition coefficient (Wildman–Crippen LogP) is 3.52. The summed E-state index contributed by atoms with van der Waals surface area (Å²) in [4.78, 5) is 40.5. The number of aryl methyl sites for hydroxylation is 2. The standard InChI is InChI=1S/C33H40N10O4.C2HF3O2/c1-21(2)14-25(34)33(45)35-19-32(44)47-20-42-23(4)16-27(38-42)28-17-30-36-29(18-31(43(30)39-28)40-10-12-46-13-11-40)41-9-8-26(37-41)24-7-5-6-22(3)15-24;3-2(4,5)1(6)7/h5-9,15-18,21,25H,10-14,19-20,34H2,1-4H3,(H,35,45);(H,6,7)/t25-;/m0./s1. The zero-order chi connectivity index (χ0) is 39.2. The maximum absolute atomic E-state index is 12.3. The fourth-order valence-electron chi connectivity index (χ4n) is 5.47. The number of carbonyl (C=O) groups is 3. The first-order valence-corrected chi connectivity index (χ1v) is 17.0. The Bertz CT molecular complexity index is 2100. The number of anilines is 1. The number of rotatable bonds is 11. The number of hydrogen-bond acceptors (Lipinski definition) is 11. The van der Waals surface area contributed by atoms with Gasteiger partial charge < -0.3 is 30.5 Å². The first-order valence-electron chi connectivity index (χ1n) is 17.0. The molecule has 0 unspecified atom stereocenters. The normalized spacial score (nSPS) is 13.8. The van der Waals surface area contributed by atoms with Crippen LogP contribution in [-0.2, 0) is 30.6 Å². The minimum Gasteiger partial charge on any atom is -0.475 e. The minimum atomic E-state index is -5.08.